The van der Waals surface area contributed by atoms with Crippen LogP contribution < -0.4 is 4.74 Å². The van der Waals surface area contributed by atoms with Crippen LogP contribution in [0.1, 0.15) is 25.3 Å². The van der Waals surface area contributed by atoms with E-state index in [-0.39, 0.29) is 24.4 Å². The molecule has 1 saturated heterocycles. The van der Waals surface area contributed by atoms with E-state index < -0.39 is 0 Å². The highest BCUT2D eigenvalue weighted by Crippen LogP contribution is 2.21. The molecule has 1 aromatic heterocycles. The van der Waals surface area contributed by atoms with Crippen LogP contribution in [-0.4, -0.2) is 40.3 Å². The van der Waals surface area contributed by atoms with Gasteiger partial charge >= 0.3 is 0 Å². The van der Waals surface area contributed by atoms with Crippen molar-refractivity contribution in [2.24, 2.45) is 0 Å². The Morgan fingerprint density at radius 3 is 3.09 bits per heavy atom. The first kappa shape index (κ1) is 15.5. The minimum atomic E-state index is -0.341. The molecule has 1 aliphatic heterocycles. The van der Waals surface area contributed by atoms with Crippen LogP contribution >= 0.6 is 0 Å². The molecule has 1 atom stereocenters. The summed E-state index contributed by atoms with van der Waals surface area (Å²) < 4.78 is 20.4. The molecule has 0 saturated carbocycles. The van der Waals surface area contributed by atoms with Crippen LogP contribution in [0, 0.1) is 5.82 Å². The molecular formula is C17H20FN3O2. The van der Waals surface area contributed by atoms with E-state index in [1.807, 2.05) is 21.8 Å². The molecule has 1 aromatic carbocycles. The Morgan fingerprint density at radius 1 is 1.39 bits per heavy atom. The van der Waals surface area contributed by atoms with Crippen LogP contribution in [0.4, 0.5) is 4.39 Å². The number of rotatable bonds is 5. The standard InChI is InChI=1S/C17H20FN3O2/c18-14-4-1-6-16(12-14)23-11-7-17(22)20-9-2-5-15(13-20)21-10-3-8-19-21/h1,3-4,6,8,10,12,15H,2,5,7,9,11,13H2/t15-/m1/s1. The number of halogens is 1. The monoisotopic (exact) mass is 317 g/mol. The zero-order valence-electron chi connectivity index (χ0n) is 12.9. The molecule has 0 unspecified atom stereocenters. The highest BCUT2D eigenvalue weighted by molar-refractivity contribution is 5.76. The van der Waals surface area contributed by atoms with E-state index in [1.54, 1.807) is 18.3 Å². The zero-order valence-corrected chi connectivity index (χ0v) is 12.9. The number of piperidine rings is 1. The quantitative estimate of drug-likeness (QED) is 0.852. The third kappa shape index (κ3) is 4.09. The summed E-state index contributed by atoms with van der Waals surface area (Å²) in [4.78, 5) is 14.2. The minimum absolute atomic E-state index is 0.0678. The predicted molar refractivity (Wildman–Crippen MR) is 83.6 cm³/mol. The Labute approximate surface area is 134 Å². The van der Waals surface area contributed by atoms with E-state index in [2.05, 4.69) is 5.10 Å². The van der Waals surface area contributed by atoms with Crippen LogP contribution in [0.5, 0.6) is 5.75 Å². The van der Waals surface area contributed by atoms with Gasteiger partial charge < -0.3 is 9.64 Å². The number of carbonyl (C=O) groups is 1. The minimum Gasteiger partial charge on any atom is -0.493 e. The van der Waals surface area contributed by atoms with Crippen molar-refractivity contribution in [2.75, 3.05) is 19.7 Å². The van der Waals surface area contributed by atoms with Gasteiger partial charge in [-0.1, -0.05) is 6.07 Å². The van der Waals surface area contributed by atoms with Gasteiger partial charge in [0.2, 0.25) is 5.91 Å². The molecule has 6 heteroatoms. The molecule has 0 radical (unpaired) electrons. The molecule has 122 valence electrons. The molecule has 1 fully saturated rings. The largest absolute Gasteiger partial charge is 0.493 e. The van der Waals surface area contributed by atoms with Crippen LogP contribution in [-0.2, 0) is 4.79 Å². The maximum atomic E-state index is 13.1. The number of likely N-dealkylation sites (tertiary alicyclic amines) is 1. The van der Waals surface area contributed by atoms with Crippen LogP contribution in [0.3, 0.4) is 0 Å². The molecule has 2 aromatic rings. The van der Waals surface area contributed by atoms with Crippen LogP contribution in [0.15, 0.2) is 42.7 Å². The summed E-state index contributed by atoms with van der Waals surface area (Å²) in [6, 6.07) is 8.09. The summed E-state index contributed by atoms with van der Waals surface area (Å²) in [5.41, 5.74) is 0. The van der Waals surface area contributed by atoms with E-state index in [9.17, 15) is 9.18 Å². The van der Waals surface area contributed by atoms with E-state index in [1.165, 1.54) is 12.1 Å². The lowest BCUT2D eigenvalue weighted by Crippen LogP contribution is -2.41. The van der Waals surface area contributed by atoms with Gasteiger partial charge in [0.1, 0.15) is 11.6 Å². The SMILES string of the molecule is O=C(CCOc1cccc(F)c1)N1CCC[C@@H](n2cccn2)C1. The Balaban J connectivity index is 1.48. The summed E-state index contributed by atoms with van der Waals surface area (Å²) in [6.45, 7) is 1.71. The van der Waals surface area contributed by atoms with Crippen molar-refractivity contribution in [1.29, 1.82) is 0 Å². The van der Waals surface area contributed by atoms with E-state index in [4.69, 9.17) is 4.74 Å². The van der Waals surface area contributed by atoms with E-state index in [0.29, 0.717) is 18.7 Å². The molecule has 0 N–H and O–H groups in total. The Kier molecular flexibility index (Phi) is 4.90. The molecule has 0 bridgehead atoms. The average Bonchev–Trinajstić information content (AvgIpc) is 3.09. The van der Waals surface area contributed by atoms with Crippen molar-refractivity contribution in [1.82, 2.24) is 14.7 Å². The molecule has 3 rings (SSSR count). The van der Waals surface area contributed by atoms with Gasteiger partial charge in [0.15, 0.2) is 0 Å². The summed E-state index contributed by atoms with van der Waals surface area (Å²) in [5.74, 6) is 0.177. The Hall–Kier alpha value is -2.37. The summed E-state index contributed by atoms with van der Waals surface area (Å²) in [7, 11) is 0. The number of nitrogens with zero attached hydrogens (tertiary/aromatic N) is 3. The summed E-state index contributed by atoms with van der Waals surface area (Å²) >= 11 is 0. The van der Waals surface area contributed by atoms with Crippen molar-refractivity contribution in [3.05, 3.63) is 48.5 Å². The van der Waals surface area contributed by atoms with Gasteiger partial charge in [0.05, 0.1) is 19.1 Å². The molecule has 0 spiro atoms. The predicted octanol–water partition coefficient (Wildman–Crippen LogP) is 2.65. The number of hydrogen-bond donors (Lipinski definition) is 0. The summed E-state index contributed by atoms with van der Waals surface area (Å²) in [5, 5.41) is 4.26. The third-order valence-corrected chi connectivity index (χ3v) is 4.03. The number of aromatic nitrogens is 2. The van der Waals surface area contributed by atoms with Gasteiger partial charge in [-0.05, 0) is 31.0 Å². The van der Waals surface area contributed by atoms with E-state index in [0.717, 1.165) is 19.4 Å². The maximum absolute atomic E-state index is 13.1. The first-order valence-corrected chi connectivity index (χ1v) is 7.87. The highest BCUT2D eigenvalue weighted by Gasteiger charge is 2.24. The van der Waals surface area contributed by atoms with Crippen molar-refractivity contribution in [3.63, 3.8) is 0 Å². The lowest BCUT2D eigenvalue weighted by molar-refractivity contribution is -0.133. The zero-order chi connectivity index (χ0) is 16.1. The van der Waals surface area contributed by atoms with Crippen molar-refractivity contribution < 1.29 is 13.9 Å². The van der Waals surface area contributed by atoms with Gasteiger partial charge in [-0.15, -0.1) is 0 Å². The number of amides is 1. The number of hydrogen-bond acceptors (Lipinski definition) is 3. The number of ether oxygens (including phenoxy) is 1. The normalized spacial score (nSPS) is 18.0. The topological polar surface area (TPSA) is 47.4 Å². The van der Waals surface area contributed by atoms with E-state index >= 15 is 0 Å². The fourth-order valence-corrected chi connectivity index (χ4v) is 2.86. The number of benzene rings is 1. The van der Waals surface area contributed by atoms with Crippen molar-refractivity contribution >= 4 is 5.91 Å². The molecule has 5 nitrogen and oxygen atoms in total. The third-order valence-electron chi connectivity index (χ3n) is 4.03. The Morgan fingerprint density at radius 2 is 2.30 bits per heavy atom. The van der Waals surface area contributed by atoms with Gasteiger partial charge in [-0.25, -0.2) is 4.39 Å². The van der Waals surface area contributed by atoms with Crippen molar-refractivity contribution in [3.8, 4) is 5.75 Å². The summed E-state index contributed by atoms with van der Waals surface area (Å²) in [6.07, 6.45) is 5.99. The van der Waals surface area contributed by atoms with Gasteiger partial charge in [-0.2, -0.15) is 5.10 Å². The molecule has 1 amide bonds. The fourth-order valence-electron chi connectivity index (χ4n) is 2.86. The molecule has 23 heavy (non-hydrogen) atoms. The molecule has 2 heterocycles. The fraction of sp³-hybridized carbons (Fsp3) is 0.412. The first-order chi connectivity index (χ1) is 11.2. The van der Waals surface area contributed by atoms with Crippen LogP contribution in [0.2, 0.25) is 0 Å². The smallest absolute Gasteiger partial charge is 0.226 e. The lowest BCUT2D eigenvalue weighted by atomic mass is 10.1. The maximum Gasteiger partial charge on any atom is 0.226 e. The lowest BCUT2D eigenvalue weighted by Gasteiger charge is -2.33. The molecular weight excluding hydrogens is 297 g/mol. The molecule has 1 aliphatic rings. The highest BCUT2D eigenvalue weighted by atomic mass is 19.1. The van der Waals surface area contributed by atoms with Gasteiger partial charge in [0, 0.05) is 31.5 Å². The second-order valence-corrected chi connectivity index (χ2v) is 5.68. The van der Waals surface area contributed by atoms with Gasteiger partial charge in [0.25, 0.3) is 0 Å². The Bertz CT molecular complexity index is 645. The van der Waals surface area contributed by atoms with Crippen molar-refractivity contribution in [2.45, 2.75) is 25.3 Å². The molecule has 0 aliphatic carbocycles. The average molecular weight is 317 g/mol. The number of carbonyl (C=O) groups excluding carboxylic acids is 1. The van der Waals surface area contributed by atoms with Crippen LogP contribution in [0.25, 0.3) is 0 Å². The second-order valence-electron chi connectivity index (χ2n) is 5.68. The second kappa shape index (κ2) is 7.26. The first-order valence-electron chi connectivity index (χ1n) is 7.87. The van der Waals surface area contributed by atoms with Gasteiger partial charge in [-0.3, -0.25) is 9.48 Å².